The molecule has 0 aromatic carbocycles. The highest BCUT2D eigenvalue weighted by Gasteiger charge is 2.29. The lowest BCUT2D eigenvalue weighted by Gasteiger charge is -2.27. The fourth-order valence-electron chi connectivity index (χ4n) is 2.43. The lowest BCUT2D eigenvalue weighted by Crippen LogP contribution is -2.26. The molecule has 0 unspecified atom stereocenters. The summed E-state index contributed by atoms with van der Waals surface area (Å²) in [5.41, 5.74) is 0. The molecule has 2 rings (SSSR count). The predicted octanol–water partition coefficient (Wildman–Crippen LogP) is 3.34. The average molecular weight is 234 g/mol. The van der Waals surface area contributed by atoms with Crippen LogP contribution in [0.15, 0.2) is 0 Å². The van der Waals surface area contributed by atoms with Crippen molar-refractivity contribution in [3.8, 4) is 0 Å². The molecule has 1 heterocycles. The minimum atomic E-state index is -0.198. The maximum Gasteiger partial charge on any atom is 0.139 e. The summed E-state index contributed by atoms with van der Waals surface area (Å²) in [4.78, 5) is 4.49. The molecule has 0 N–H and O–H groups in total. The maximum absolute atomic E-state index is 6.54. The monoisotopic (exact) mass is 234 g/mol. The Kier molecular flexibility index (Phi) is 4.01. The molecule has 0 amide bonds. The first-order valence-electron chi connectivity index (χ1n) is 6.30. The fraction of sp³-hybridized carbons (Fsp3) is 0.833. The van der Waals surface area contributed by atoms with Crippen molar-refractivity contribution in [1.82, 2.24) is 9.36 Å². The van der Waals surface area contributed by atoms with Gasteiger partial charge in [0.1, 0.15) is 10.8 Å². The van der Waals surface area contributed by atoms with Gasteiger partial charge in [-0.1, -0.05) is 38.5 Å². The summed E-state index contributed by atoms with van der Waals surface area (Å²) in [5, 5.41) is 0.850. The molecule has 0 spiro atoms. The van der Waals surface area contributed by atoms with E-state index in [-0.39, 0.29) is 5.31 Å². The molecule has 16 heavy (non-hydrogen) atoms. The number of nitrogens with zero attached hydrogens (tertiary/aromatic N) is 2. The van der Waals surface area contributed by atoms with E-state index in [1.807, 2.05) is 6.92 Å². The highest BCUT2D eigenvalue weighted by atomic mass is 32.1. The molecule has 2 radical (unpaired) electrons. The van der Waals surface area contributed by atoms with Crippen LogP contribution in [0.3, 0.4) is 0 Å². The van der Waals surface area contributed by atoms with Gasteiger partial charge in [0.2, 0.25) is 0 Å². The van der Waals surface area contributed by atoms with Crippen LogP contribution < -0.4 is 0 Å². The number of aryl methyl sites for hydroxylation is 1. The Morgan fingerprint density at radius 1 is 1.06 bits per heavy atom. The molecule has 1 saturated carbocycles. The second-order valence-corrected chi connectivity index (χ2v) is 5.68. The molecule has 0 aliphatic heterocycles. The van der Waals surface area contributed by atoms with Gasteiger partial charge >= 0.3 is 0 Å². The quantitative estimate of drug-likeness (QED) is 0.696. The van der Waals surface area contributed by atoms with Gasteiger partial charge in [-0.25, -0.2) is 4.98 Å². The van der Waals surface area contributed by atoms with E-state index < -0.39 is 0 Å². The number of hydrogen-bond acceptors (Lipinski definition) is 3. The molecule has 1 aliphatic rings. The van der Waals surface area contributed by atoms with Crippen molar-refractivity contribution in [1.29, 1.82) is 0 Å². The number of aromatic nitrogens is 2. The zero-order valence-electron chi connectivity index (χ0n) is 10.0. The van der Waals surface area contributed by atoms with Gasteiger partial charge in [0.15, 0.2) is 0 Å². The van der Waals surface area contributed by atoms with Gasteiger partial charge in [0, 0.05) is 0 Å². The van der Waals surface area contributed by atoms with Crippen LogP contribution >= 0.6 is 11.5 Å². The summed E-state index contributed by atoms with van der Waals surface area (Å²) in [6.07, 6.45) is 9.97. The molecular weight excluding hydrogens is 215 g/mol. The van der Waals surface area contributed by atoms with E-state index in [0.29, 0.717) is 0 Å². The van der Waals surface area contributed by atoms with E-state index in [1.54, 1.807) is 0 Å². The van der Waals surface area contributed by atoms with Crippen molar-refractivity contribution in [2.45, 2.75) is 63.6 Å². The standard InChI is InChI=1S/C12H19BN2S/c1-10-14-11(16-15-10)12(13)8-6-4-2-3-5-7-9-12/h2-9H2,1H3. The van der Waals surface area contributed by atoms with Crippen molar-refractivity contribution in [3.63, 3.8) is 0 Å². The lowest BCUT2D eigenvalue weighted by atomic mass is 9.63. The van der Waals surface area contributed by atoms with Gasteiger partial charge in [-0.3, -0.25) is 0 Å². The Morgan fingerprint density at radius 2 is 1.62 bits per heavy atom. The first-order valence-corrected chi connectivity index (χ1v) is 7.08. The lowest BCUT2D eigenvalue weighted by molar-refractivity contribution is 0.478. The smallest absolute Gasteiger partial charge is 0.139 e. The second kappa shape index (κ2) is 5.30. The zero-order valence-corrected chi connectivity index (χ0v) is 10.9. The minimum Gasteiger partial charge on any atom is -0.225 e. The van der Waals surface area contributed by atoms with Crippen LogP contribution in [-0.2, 0) is 5.31 Å². The van der Waals surface area contributed by atoms with Crippen molar-refractivity contribution in [3.05, 3.63) is 10.8 Å². The molecule has 1 aromatic heterocycles. The van der Waals surface area contributed by atoms with Crippen molar-refractivity contribution in [2.24, 2.45) is 0 Å². The van der Waals surface area contributed by atoms with Crippen molar-refractivity contribution >= 4 is 19.4 Å². The SMILES string of the molecule is [B]C1(c2nc(C)ns2)CCCCCCCC1. The van der Waals surface area contributed by atoms with E-state index in [9.17, 15) is 0 Å². The fourth-order valence-corrected chi connectivity index (χ4v) is 3.24. The molecule has 0 atom stereocenters. The van der Waals surface area contributed by atoms with Crippen LogP contribution in [0.4, 0.5) is 0 Å². The largest absolute Gasteiger partial charge is 0.225 e. The van der Waals surface area contributed by atoms with E-state index in [0.717, 1.165) is 23.7 Å². The average Bonchev–Trinajstić information content (AvgIpc) is 2.71. The van der Waals surface area contributed by atoms with E-state index in [1.165, 1.54) is 50.1 Å². The molecule has 86 valence electrons. The Bertz CT molecular complexity index is 328. The van der Waals surface area contributed by atoms with Crippen LogP contribution in [0, 0.1) is 6.92 Å². The second-order valence-electron chi connectivity index (χ2n) is 4.92. The van der Waals surface area contributed by atoms with Crippen molar-refractivity contribution < 1.29 is 0 Å². The molecule has 0 saturated heterocycles. The maximum atomic E-state index is 6.54. The van der Waals surface area contributed by atoms with E-state index >= 15 is 0 Å². The molecule has 0 bridgehead atoms. The molecule has 4 heteroatoms. The molecule has 1 aliphatic carbocycles. The molecule has 2 nitrogen and oxygen atoms in total. The predicted molar refractivity (Wildman–Crippen MR) is 69.0 cm³/mol. The highest BCUT2D eigenvalue weighted by molar-refractivity contribution is 7.05. The Morgan fingerprint density at radius 3 is 2.12 bits per heavy atom. The van der Waals surface area contributed by atoms with Gasteiger partial charge in [0.05, 0.1) is 7.85 Å². The summed E-state index contributed by atoms with van der Waals surface area (Å²) in [5.74, 6) is 0.865. The Labute approximate surface area is 103 Å². The third kappa shape index (κ3) is 2.85. The molecule has 1 aromatic rings. The highest BCUT2D eigenvalue weighted by Crippen LogP contribution is 2.34. The first kappa shape index (κ1) is 12.1. The van der Waals surface area contributed by atoms with Gasteiger partial charge in [0.25, 0.3) is 0 Å². The zero-order chi connectivity index (χ0) is 11.4. The Hall–Kier alpha value is -0.375. The van der Waals surface area contributed by atoms with E-state index in [4.69, 9.17) is 7.85 Å². The third-order valence-corrected chi connectivity index (χ3v) is 4.48. The summed E-state index contributed by atoms with van der Waals surface area (Å²) < 4.78 is 4.27. The van der Waals surface area contributed by atoms with E-state index in [2.05, 4.69) is 9.36 Å². The topological polar surface area (TPSA) is 25.8 Å². The van der Waals surface area contributed by atoms with Gasteiger partial charge < -0.3 is 0 Å². The summed E-state index contributed by atoms with van der Waals surface area (Å²) in [7, 11) is 6.54. The van der Waals surface area contributed by atoms with Gasteiger partial charge in [-0.2, -0.15) is 4.37 Å². The minimum absolute atomic E-state index is 0.198. The summed E-state index contributed by atoms with van der Waals surface area (Å²) in [6.45, 7) is 1.94. The first-order chi connectivity index (χ1) is 7.71. The van der Waals surface area contributed by atoms with Crippen molar-refractivity contribution in [2.75, 3.05) is 0 Å². The van der Waals surface area contributed by atoms with Crippen LogP contribution in [0.25, 0.3) is 0 Å². The Balaban J connectivity index is 2.12. The number of rotatable bonds is 1. The molecule has 1 fully saturated rings. The summed E-state index contributed by atoms with van der Waals surface area (Å²) in [6, 6.07) is 0. The normalized spacial score (nSPS) is 22.1. The van der Waals surface area contributed by atoms with Crippen LogP contribution in [0.5, 0.6) is 0 Å². The third-order valence-electron chi connectivity index (χ3n) is 3.45. The van der Waals surface area contributed by atoms with Crippen LogP contribution in [-0.4, -0.2) is 17.2 Å². The van der Waals surface area contributed by atoms with Crippen LogP contribution in [0.2, 0.25) is 0 Å². The molecular formula is C12H19BN2S. The summed E-state index contributed by atoms with van der Waals surface area (Å²) >= 11 is 1.49. The number of hydrogen-bond donors (Lipinski definition) is 0. The van der Waals surface area contributed by atoms with Crippen LogP contribution in [0.1, 0.15) is 62.2 Å². The van der Waals surface area contributed by atoms with Gasteiger partial charge in [-0.05, 0) is 36.6 Å². The van der Waals surface area contributed by atoms with Gasteiger partial charge in [-0.15, -0.1) is 0 Å².